The lowest BCUT2D eigenvalue weighted by Gasteiger charge is -2.16. The Morgan fingerprint density at radius 2 is 1.75 bits per heavy atom. The Morgan fingerprint density at radius 3 is 2.50 bits per heavy atom. The quantitative estimate of drug-likeness (QED) is 0.446. The summed E-state index contributed by atoms with van der Waals surface area (Å²) in [7, 11) is -3.66. The average Bonchev–Trinajstić information content (AvgIpc) is 3.47. The molecule has 0 atom stereocenters. The fourth-order valence-electron chi connectivity index (χ4n) is 4.22. The number of hydrogen-bond acceptors (Lipinski definition) is 6. The second-order valence-electron chi connectivity index (χ2n) is 7.76. The molecule has 3 aromatic heterocycles. The Kier molecular flexibility index (Phi) is 4.94. The zero-order valence-corrected chi connectivity index (χ0v) is 18.3. The van der Waals surface area contributed by atoms with Crippen LogP contribution in [0.1, 0.15) is 25.6 Å². The molecule has 32 heavy (non-hydrogen) atoms. The summed E-state index contributed by atoms with van der Waals surface area (Å²) in [5, 5.41) is 8.94. The third kappa shape index (κ3) is 3.16. The second kappa shape index (κ2) is 7.68. The number of aromatic nitrogens is 5. The van der Waals surface area contributed by atoms with Gasteiger partial charge in [-0.2, -0.15) is 4.31 Å². The van der Waals surface area contributed by atoms with Crippen LogP contribution in [0.3, 0.4) is 0 Å². The predicted molar refractivity (Wildman–Crippen MR) is 118 cm³/mol. The van der Waals surface area contributed by atoms with Crippen molar-refractivity contribution >= 4 is 26.7 Å². The smallest absolute Gasteiger partial charge is 0.262 e. The first kappa shape index (κ1) is 20.6. The van der Waals surface area contributed by atoms with E-state index in [1.807, 2.05) is 13.0 Å². The van der Waals surface area contributed by atoms with E-state index in [0.29, 0.717) is 42.1 Å². The molecule has 0 bridgehead atoms. The maximum Gasteiger partial charge on any atom is 0.262 e. The molecule has 0 aliphatic carbocycles. The monoisotopic (exact) mass is 454 g/mol. The molecule has 1 fully saturated rings. The molecule has 0 N–H and O–H groups in total. The molecule has 0 radical (unpaired) electrons. The van der Waals surface area contributed by atoms with Crippen LogP contribution < -0.4 is 11.1 Å². The van der Waals surface area contributed by atoms with E-state index < -0.39 is 10.0 Å². The van der Waals surface area contributed by atoms with Crippen molar-refractivity contribution in [1.29, 1.82) is 0 Å². The van der Waals surface area contributed by atoms with Crippen molar-refractivity contribution in [3.63, 3.8) is 0 Å². The molecule has 166 valence electrons. The van der Waals surface area contributed by atoms with E-state index in [4.69, 9.17) is 0 Å². The van der Waals surface area contributed by atoms with Gasteiger partial charge in [-0.05, 0) is 38.0 Å². The van der Waals surface area contributed by atoms with Crippen LogP contribution in [-0.4, -0.2) is 49.5 Å². The molecule has 0 amide bonds. The highest BCUT2D eigenvalue weighted by atomic mass is 32.2. The van der Waals surface area contributed by atoms with Gasteiger partial charge in [0.15, 0.2) is 5.82 Å². The molecule has 1 aromatic carbocycles. The van der Waals surface area contributed by atoms with Gasteiger partial charge in [0.1, 0.15) is 0 Å². The minimum atomic E-state index is -3.66. The van der Waals surface area contributed by atoms with Crippen LogP contribution in [0, 0.1) is 0 Å². The van der Waals surface area contributed by atoms with Gasteiger partial charge < -0.3 is 4.57 Å². The number of aryl methyl sites for hydroxylation is 1. The van der Waals surface area contributed by atoms with E-state index in [1.54, 1.807) is 22.6 Å². The fraction of sp³-hybridized carbons (Fsp3) is 0.333. The SMILES string of the molecule is CCn1c(=O)c2ccccc2n2c(Cn3cc(S(=O)(=O)N4CCCC4)ccc3=O)nnc12. The molecular formula is C21H22N6O4S. The van der Waals surface area contributed by atoms with Gasteiger partial charge in [0, 0.05) is 31.9 Å². The minimum Gasteiger partial charge on any atom is -0.307 e. The van der Waals surface area contributed by atoms with Crippen LogP contribution in [-0.2, 0) is 23.1 Å². The maximum absolute atomic E-state index is 12.9. The highest BCUT2D eigenvalue weighted by Crippen LogP contribution is 2.20. The first-order valence-corrected chi connectivity index (χ1v) is 11.9. The van der Waals surface area contributed by atoms with E-state index in [1.165, 1.54) is 31.8 Å². The standard InChI is InChI=1S/C21H22N6O4S/c1-2-26-20(29)16-7-3-4-8-17(16)27-18(22-23-21(26)27)14-24-13-15(9-10-19(24)28)32(30,31)25-11-5-6-12-25/h3-4,7-10,13H,2,5-6,11-12,14H2,1H3. The van der Waals surface area contributed by atoms with Gasteiger partial charge in [-0.15, -0.1) is 10.2 Å². The Balaban J connectivity index is 1.65. The number of nitrogens with zero attached hydrogens (tertiary/aromatic N) is 6. The predicted octanol–water partition coefficient (Wildman–Crippen LogP) is 1.06. The van der Waals surface area contributed by atoms with Crippen molar-refractivity contribution in [1.82, 2.24) is 28.0 Å². The number of benzene rings is 1. The van der Waals surface area contributed by atoms with E-state index in [-0.39, 0.29) is 22.6 Å². The molecule has 10 nitrogen and oxygen atoms in total. The molecular weight excluding hydrogens is 432 g/mol. The summed E-state index contributed by atoms with van der Waals surface area (Å²) in [5.41, 5.74) is 0.117. The zero-order valence-electron chi connectivity index (χ0n) is 17.5. The van der Waals surface area contributed by atoms with Crippen molar-refractivity contribution < 1.29 is 8.42 Å². The summed E-state index contributed by atoms with van der Waals surface area (Å²) < 4.78 is 31.9. The van der Waals surface area contributed by atoms with Gasteiger partial charge in [0.2, 0.25) is 15.8 Å². The van der Waals surface area contributed by atoms with Crippen molar-refractivity contribution in [2.24, 2.45) is 0 Å². The third-order valence-electron chi connectivity index (χ3n) is 5.86. The van der Waals surface area contributed by atoms with Crippen LogP contribution in [0.15, 0.2) is 57.1 Å². The van der Waals surface area contributed by atoms with Crippen molar-refractivity contribution in [3.8, 4) is 0 Å². The molecule has 1 aliphatic heterocycles. The fourth-order valence-corrected chi connectivity index (χ4v) is 5.75. The number of pyridine rings is 1. The molecule has 0 saturated carbocycles. The van der Waals surface area contributed by atoms with Crippen molar-refractivity contribution in [2.75, 3.05) is 13.1 Å². The van der Waals surface area contributed by atoms with Crippen LogP contribution >= 0.6 is 0 Å². The second-order valence-corrected chi connectivity index (χ2v) is 9.70. The van der Waals surface area contributed by atoms with Crippen LogP contribution in [0.2, 0.25) is 0 Å². The van der Waals surface area contributed by atoms with Gasteiger partial charge in [0.25, 0.3) is 11.1 Å². The van der Waals surface area contributed by atoms with Gasteiger partial charge in [-0.3, -0.25) is 18.6 Å². The van der Waals surface area contributed by atoms with Crippen molar-refractivity contribution in [2.45, 2.75) is 37.8 Å². The molecule has 1 aliphatic rings. The van der Waals surface area contributed by atoms with E-state index in [0.717, 1.165) is 12.8 Å². The summed E-state index contributed by atoms with van der Waals surface area (Å²) >= 11 is 0. The summed E-state index contributed by atoms with van der Waals surface area (Å²) in [4.78, 5) is 25.5. The molecule has 4 aromatic rings. The third-order valence-corrected chi connectivity index (χ3v) is 7.74. The van der Waals surface area contributed by atoms with Gasteiger partial charge >= 0.3 is 0 Å². The first-order chi connectivity index (χ1) is 15.4. The van der Waals surface area contributed by atoms with Gasteiger partial charge in [0.05, 0.1) is 22.3 Å². The molecule has 5 rings (SSSR count). The number of fused-ring (bicyclic) bond motifs is 3. The number of sulfonamides is 1. The van der Waals surface area contributed by atoms with E-state index in [9.17, 15) is 18.0 Å². The molecule has 0 spiro atoms. The summed E-state index contributed by atoms with van der Waals surface area (Å²) in [5.74, 6) is 0.802. The Labute approximate surface area is 183 Å². The van der Waals surface area contributed by atoms with Crippen LogP contribution in [0.25, 0.3) is 16.7 Å². The Bertz CT molecular complexity index is 1560. The van der Waals surface area contributed by atoms with Crippen molar-refractivity contribution in [3.05, 3.63) is 69.1 Å². The summed E-state index contributed by atoms with van der Waals surface area (Å²) in [6.45, 7) is 3.24. The zero-order chi connectivity index (χ0) is 22.5. The van der Waals surface area contributed by atoms with Gasteiger partial charge in [-0.1, -0.05) is 12.1 Å². The lowest BCUT2D eigenvalue weighted by molar-refractivity contribution is 0.476. The maximum atomic E-state index is 12.9. The lowest BCUT2D eigenvalue weighted by atomic mass is 10.2. The highest BCUT2D eigenvalue weighted by molar-refractivity contribution is 7.89. The highest BCUT2D eigenvalue weighted by Gasteiger charge is 2.28. The van der Waals surface area contributed by atoms with E-state index >= 15 is 0 Å². The minimum absolute atomic E-state index is 0.00920. The first-order valence-electron chi connectivity index (χ1n) is 10.5. The van der Waals surface area contributed by atoms with E-state index in [2.05, 4.69) is 10.2 Å². The molecule has 0 unspecified atom stereocenters. The normalized spacial score (nSPS) is 15.2. The molecule has 4 heterocycles. The summed E-state index contributed by atoms with van der Waals surface area (Å²) in [6, 6.07) is 9.74. The molecule has 1 saturated heterocycles. The number of rotatable bonds is 5. The lowest BCUT2D eigenvalue weighted by Crippen LogP contribution is -2.30. The van der Waals surface area contributed by atoms with Crippen LogP contribution in [0.4, 0.5) is 0 Å². The Hall–Kier alpha value is -3.31. The number of para-hydroxylation sites is 1. The summed E-state index contributed by atoms with van der Waals surface area (Å²) in [6.07, 6.45) is 3.02. The van der Waals surface area contributed by atoms with Crippen LogP contribution in [0.5, 0.6) is 0 Å². The average molecular weight is 455 g/mol. The van der Waals surface area contributed by atoms with Gasteiger partial charge in [-0.25, -0.2) is 8.42 Å². The Morgan fingerprint density at radius 1 is 1.00 bits per heavy atom. The number of hydrogen-bond donors (Lipinski definition) is 0. The molecule has 11 heteroatoms. The largest absolute Gasteiger partial charge is 0.307 e. The topological polar surface area (TPSA) is 112 Å².